The molecule has 5 rings (SSSR count). The van der Waals surface area contributed by atoms with Crippen molar-refractivity contribution in [2.24, 2.45) is 0 Å². The Morgan fingerprint density at radius 2 is 1.50 bits per heavy atom. The van der Waals surface area contributed by atoms with E-state index in [1.54, 1.807) is 24.3 Å². The molecule has 0 unspecified atom stereocenters. The van der Waals surface area contributed by atoms with Crippen molar-refractivity contribution in [2.45, 2.75) is 6.54 Å². The zero-order valence-electron chi connectivity index (χ0n) is 18.8. The zero-order valence-corrected chi connectivity index (χ0v) is 18.8. The van der Waals surface area contributed by atoms with Crippen LogP contribution in [0.5, 0.6) is 0 Å². The number of nitro benzene ring substituents is 1. The number of benzene rings is 3. The van der Waals surface area contributed by atoms with E-state index in [-0.39, 0.29) is 29.1 Å². The van der Waals surface area contributed by atoms with Crippen LogP contribution in [0.1, 0.15) is 11.1 Å². The number of non-ortho nitro benzene ring substituents is 1. The number of nitrogens with one attached hydrogen (secondary N) is 2. The van der Waals surface area contributed by atoms with Gasteiger partial charge in [-0.05, 0) is 23.8 Å². The lowest BCUT2D eigenvalue weighted by molar-refractivity contribution is -0.384. The molecule has 1 saturated heterocycles. The molecule has 1 aromatic heterocycles. The number of nitrogens with zero attached hydrogens (tertiary/aromatic N) is 3. The molecular weight excluding hydrogens is 462 g/mol. The van der Waals surface area contributed by atoms with E-state index in [0.717, 1.165) is 10.5 Å². The molecule has 1 aliphatic heterocycles. The van der Waals surface area contributed by atoms with Gasteiger partial charge in [-0.25, -0.2) is 9.48 Å². The van der Waals surface area contributed by atoms with Crippen molar-refractivity contribution in [3.05, 3.63) is 122 Å². The van der Waals surface area contributed by atoms with Gasteiger partial charge in [0.25, 0.3) is 17.2 Å². The lowest BCUT2D eigenvalue weighted by Crippen LogP contribution is -2.30. The molecule has 1 fully saturated rings. The molecule has 36 heavy (non-hydrogen) atoms. The van der Waals surface area contributed by atoms with Crippen molar-refractivity contribution in [1.82, 2.24) is 20.0 Å². The average Bonchev–Trinajstić information content (AvgIpc) is 3.36. The number of aromatic nitrogens is 2. The van der Waals surface area contributed by atoms with Crippen molar-refractivity contribution >= 4 is 23.7 Å². The normalized spacial score (nSPS) is 14.3. The van der Waals surface area contributed by atoms with Crippen molar-refractivity contribution in [2.75, 3.05) is 0 Å². The Bertz CT molecular complexity index is 1550. The van der Waals surface area contributed by atoms with Gasteiger partial charge in [0, 0.05) is 17.7 Å². The lowest BCUT2D eigenvalue weighted by atomic mass is 10.1. The molecule has 2 N–H and O–H groups in total. The highest BCUT2D eigenvalue weighted by atomic mass is 16.6. The number of para-hydroxylation sites is 1. The number of carbonyl (C=O) groups is 2. The average molecular weight is 481 g/mol. The zero-order chi connectivity index (χ0) is 25.2. The summed E-state index contributed by atoms with van der Waals surface area (Å²) in [6.45, 7) is -0.0765. The maximum Gasteiger partial charge on any atom is 0.329 e. The van der Waals surface area contributed by atoms with E-state index in [1.807, 2.05) is 36.4 Å². The van der Waals surface area contributed by atoms with Gasteiger partial charge in [0.2, 0.25) is 0 Å². The second kappa shape index (κ2) is 9.18. The van der Waals surface area contributed by atoms with Gasteiger partial charge >= 0.3 is 6.03 Å². The van der Waals surface area contributed by atoms with Crippen LogP contribution in [-0.4, -0.2) is 31.5 Å². The quantitative estimate of drug-likeness (QED) is 0.187. The smallest absolute Gasteiger partial charge is 0.303 e. The maximum atomic E-state index is 13.4. The van der Waals surface area contributed by atoms with E-state index in [0.29, 0.717) is 16.9 Å². The first kappa shape index (κ1) is 22.5. The van der Waals surface area contributed by atoms with E-state index in [4.69, 9.17) is 0 Å². The highest BCUT2D eigenvalue weighted by molar-refractivity contribution is 6.14. The van der Waals surface area contributed by atoms with Gasteiger partial charge in [-0.2, -0.15) is 0 Å². The first-order chi connectivity index (χ1) is 17.4. The van der Waals surface area contributed by atoms with E-state index in [1.165, 1.54) is 35.0 Å². The first-order valence-electron chi connectivity index (χ1n) is 11.0. The van der Waals surface area contributed by atoms with Gasteiger partial charge in [-0.3, -0.25) is 29.7 Å². The molecule has 10 heteroatoms. The molecule has 4 aromatic rings. The van der Waals surface area contributed by atoms with Crippen molar-refractivity contribution in [1.29, 1.82) is 0 Å². The minimum atomic E-state index is -0.648. The number of hydrogen-bond acceptors (Lipinski definition) is 5. The molecule has 3 amide bonds. The summed E-state index contributed by atoms with van der Waals surface area (Å²) >= 11 is 0. The Kier molecular flexibility index (Phi) is 5.75. The van der Waals surface area contributed by atoms with Crippen molar-refractivity contribution in [3.63, 3.8) is 0 Å². The highest BCUT2D eigenvalue weighted by Crippen LogP contribution is 2.24. The van der Waals surface area contributed by atoms with Gasteiger partial charge in [-0.15, -0.1) is 0 Å². The van der Waals surface area contributed by atoms with Crippen molar-refractivity contribution in [3.8, 4) is 16.9 Å². The van der Waals surface area contributed by atoms with Crippen LogP contribution in [0.25, 0.3) is 23.0 Å². The number of nitro groups is 1. The Morgan fingerprint density at radius 1 is 0.861 bits per heavy atom. The molecule has 0 atom stereocenters. The predicted molar refractivity (Wildman–Crippen MR) is 132 cm³/mol. The minimum absolute atomic E-state index is 0.0459. The van der Waals surface area contributed by atoms with E-state index in [2.05, 4.69) is 10.4 Å². The number of urea groups is 1. The molecule has 2 heterocycles. The first-order valence-corrected chi connectivity index (χ1v) is 11.0. The molecule has 0 aliphatic carbocycles. The Morgan fingerprint density at radius 3 is 2.14 bits per heavy atom. The topological polar surface area (TPSA) is 130 Å². The molecule has 3 aromatic carbocycles. The number of carbonyl (C=O) groups excluding carboxylic acids is 2. The van der Waals surface area contributed by atoms with E-state index in [9.17, 15) is 24.5 Å². The SMILES string of the molecule is O=C1NC(=Cc2c(-c3ccccc3)[nH]n(-c3ccccc3)c2=O)C(=O)N1Cc1ccc([N+](=O)[O-])cc1. The fourth-order valence-corrected chi connectivity index (χ4v) is 3.93. The number of aromatic amines is 1. The summed E-state index contributed by atoms with van der Waals surface area (Å²) in [4.78, 5) is 50.4. The highest BCUT2D eigenvalue weighted by Gasteiger charge is 2.34. The molecular formula is C26H19N5O5. The molecule has 178 valence electrons. The van der Waals surface area contributed by atoms with Crippen LogP contribution in [-0.2, 0) is 11.3 Å². The maximum absolute atomic E-state index is 13.4. The molecule has 0 saturated carbocycles. The predicted octanol–water partition coefficient (Wildman–Crippen LogP) is 3.83. The second-order valence-electron chi connectivity index (χ2n) is 8.05. The minimum Gasteiger partial charge on any atom is -0.303 e. The Balaban J connectivity index is 1.51. The monoisotopic (exact) mass is 481 g/mol. The van der Waals surface area contributed by atoms with Crippen LogP contribution < -0.4 is 10.9 Å². The number of H-pyrrole nitrogens is 1. The number of rotatable bonds is 6. The Hall–Kier alpha value is -5.25. The molecule has 0 spiro atoms. The molecule has 0 bridgehead atoms. The van der Waals surface area contributed by atoms with Crippen LogP contribution in [0.4, 0.5) is 10.5 Å². The fraction of sp³-hybridized carbons (Fsp3) is 0.0385. The third-order valence-corrected chi connectivity index (χ3v) is 5.74. The molecule has 10 nitrogen and oxygen atoms in total. The number of hydrogen-bond donors (Lipinski definition) is 2. The summed E-state index contributed by atoms with van der Waals surface area (Å²) in [5.41, 5.74) is 2.08. The summed E-state index contributed by atoms with van der Waals surface area (Å²) in [6.07, 6.45) is 1.37. The lowest BCUT2D eigenvalue weighted by Gasteiger charge is -2.11. The molecule has 0 radical (unpaired) electrons. The van der Waals surface area contributed by atoms with E-state index < -0.39 is 16.9 Å². The third-order valence-electron chi connectivity index (χ3n) is 5.74. The van der Waals surface area contributed by atoms with Crippen LogP contribution in [0, 0.1) is 10.1 Å². The molecule has 1 aliphatic rings. The summed E-state index contributed by atoms with van der Waals surface area (Å²) in [7, 11) is 0. The van der Waals surface area contributed by atoms with Gasteiger partial charge in [0.1, 0.15) is 5.70 Å². The van der Waals surface area contributed by atoms with Crippen LogP contribution in [0.3, 0.4) is 0 Å². The number of amides is 3. The summed E-state index contributed by atoms with van der Waals surface area (Å²) in [5, 5.41) is 16.5. The van der Waals surface area contributed by atoms with Gasteiger partial charge in [0.15, 0.2) is 0 Å². The van der Waals surface area contributed by atoms with Crippen molar-refractivity contribution < 1.29 is 14.5 Å². The van der Waals surface area contributed by atoms with Crippen LogP contribution >= 0.6 is 0 Å². The van der Waals surface area contributed by atoms with Gasteiger partial charge in [-0.1, -0.05) is 60.7 Å². The fourth-order valence-electron chi connectivity index (χ4n) is 3.93. The van der Waals surface area contributed by atoms with E-state index >= 15 is 0 Å². The standard InChI is InChI=1S/C26H19N5O5/c32-24-21(23(18-7-3-1-4-8-18)28-30(24)19-9-5-2-6-10-19)15-22-25(33)29(26(34)27-22)16-17-11-13-20(14-12-17)31(35)36/h1-15,28H,16H2,(H,27,34). The summed E-state index contributed by atoms with van der Waals surface area (Å²) in [5.74, 6) is -0.607. The second-order valence-corrected chi connectivity index (χ2v) is 8.05. The Labute approximate surface area is 204 Å². The largest absolute Gasteiger partial charge is 0.329 e. The van der Waals surface area contributed by atoms with Crippen LogP contribution in [0.15, 0.2) is 95.4 Å². The number of imide groups is 1. The van der Waals surface area contributed by atoms with Gasteiger partial charge in [0.05, 0.1) is 28.4 Å². The van der Waals surface area contributed by atoms with Gasteiger partial charge < -0.3 is 5.32 Å². The third kappa shape index (κ3) is 4.18. The van der Waals surface area contributed by atoms with Crippen LogP contribution in [0.2, 0.25) is 0 Å². The summed E-state index contributed by atoms with van der Waals surface area (Å²) < 4.78 is 1.38. The summed E-state index contributed by atoms with van der Waals surface area (Å²) in [6, 6.07) is 23.1.